The summed E-state index contributed by atoms with van der Waals surface area (Å²) in [5.74, 6) is 1.51. The van der Waals surface area contributed by atoms with Crippen LogP contribution in [0.15, 0.2) is 23.3 Å². The van der Waals surface area contributed by atoms with Crippen LogP contribution in [0.25, 0.3) is 0 Å². The van der Waals surface area contributed by atoms with E-state index in [-0.39, 0.29) is 29.6 Å². The highest BCUT2D eigenvalue weighted by Crippen LogP contribution is 2.24. The minimum absolute atomic E-state index is 0. The summed E-state index contributed by atoms with van der Waals surface area (Å²) in [6, 6.07) is 4.03. The van der Waals surface area contributed by atoms with E-state index in [2.05, 4.69) is 33.6 Å². The van der Waals surface area contributed by atoms with Crippen LogP contribution >= 0.6 is 24.0 Å². The summed E-state index contributed by atoms with van der Waals surface area (Å²) in [5.41, 5.74) is 1.02. The highest BCUT2D eigenvalue weighted by molar-refractivity contribution is 14.0. The zero-order valence-electron chi connectivity index (χ0n) is 16.5. The van der Waals surface area contributed by atoms with Crippen molar-refractivity contribution < 1.29 is 9.47 Å². The topological polar surface area (TPSA) is 67.8 Å². The summed E-state index contributed by atoms with van der Waals surface area (Å²) < 4.78 is 11.8. The third-order valence-electron chi connectivity index (χ3n) is 5.25. The van der Waals surface area contributed by atoms with Crippen molar-refractivity contribution >= 4 is 29.9 Å². The molecule has 2 N–H and O–H groups in total. The maximum atomic E-state index is 5.98. The van der Waals surface area contributed by atoms with Gasteiger partial charge in [-0.05, 0) is 51.0 Å². The van der Waals surface area contributed by atoms with Gasteiger partial charge in [-0.15, -0.1) is 24.0 Å². The second-order valence-electron chi connectivity index (χ2n) is 7.56. The van der Waals surface area contributed by atoms with E-state index in [1.165, 1.54) is 19.3 Å². The zero-order valence-corrected chi connectivity index (χ0v) is 18.8. The molecule has 27 heavy (non-hydrogen) atoms. The lowest BCUT2D eigenvalue weighted by molar-refractivity contribution is 0.0243. The molecule has 2 heterocycles. The Balaban J connectivity index is 0.00000261. The van der Waals surface area contributed by atoms with E-state index in [0.29, 0.717) is 12.6 Å². The molecule has 2 aliphatic rings. The predicted molar refractivity (Wildman–Crippen MR) is 119 cm³/mol. The summed E-state index contributed by atoms with van der Waals surface area (Å²) in [5, 5.41) is 6.69. The number of hydrogen-bond acceptors (Lipinski definition) is 4. The molecule has 1 saturated carbocycles. The fourth-order valence-electron chi connectivity index (χ4n) is 3.59. The van der Waals surface area contributed by atoms with Gasteiger partial charge in [-0.2, -0.15) is 0 Å². The maximum absolute atomic E-state index is 5.98. The van der Waals surface area contributed by atoms with Gasteiger partial charge in [0.05, 0.1) is 5.60 Å². The van der Waals surface area contributed by atoms with Gasteiger partial charge in [0.2, 0.25) is 5.88 Å². The Kier molecular flexibility index (Phi) is 9.08. The maximum Gasteiger partial charge on any atom is 0.213 e. The van der Waals surface area contributed by atoms with Crippen LogP contribution in [0.5, 0.6) is 5.88 Å². The minimum atomic E-state index is -0.0860. The van der Waals surface area contributed by atoms with Crippen LogP contribution in [-0.4, -0.2) is 42.8 Å². The van der Waals surface area contributed by atoms with Gasteiger partial charge in [-0.3, -0.25) is 4.99 Å². The van der Waals surface area contributed by atoms with Gasteiger partial charge in [0.15, 0.2) is 5.96 Å². The van der Waals surface area contributed by atoms with Crippen LogP contribution in [-0.2, 0) is 11.3 Å². The SMILES string of the molecule is CN=C(NCc1ccc(OC2CCCCC2)nc1)NCC1(C)CCCO1.I. The van der Waals surface area contributed by atoms with Crippen LogP contribution < -0.4 is 15.4 Å². The standard InChI is InChI=1S/C20H32N4O2.HI/c1-20(11-6-12-25-20)15-24-19(21-2)23-14-16-9-10-18(22-13-16)26-17-7-4-3-5-8-17;/h9-10,13,17H,3-8,11-12,14-15H2,1-2H3,(H2,21,23,24);1H. The van der Waals surface area contributed by atoms with Crippen molar-refractivity contribution in [3.8, 4) is 5.88 Å². The number of nitrogens with zero attached hydrogens (tertiary/aromatic N) is 2. The average Bonchev–Trinajstić information content (AvgIpc) is 3.11. The second-order valence-corrected chi connectivity index (χ2v) is 7.56. The van der Waals surface area contributed by atoms with Gasteiger partial charge < -0.3 is 20.1 Å². The molecule has 0 aromatic carbocycles. The number of hydrogen-bond donors (Lipinski definition) is 2. The van der Waals surface area contributed by atoms with Crippen molar-refractivity contribution in [2.24, 2.45) is 4.99 Å². The molecular weight excluding hydrogens is 455 g/mol. The van der Waals surface area contributed by atoms with Crippen LogP contribution in [0, 0.1) is 0 Å². The lowest BCUT2D eigenvalue weighted by atomic mass is 9.98. The lowest BCUT2D eigenvalue weighted by Gasteiger charge is -2.24. The smallest absolute Gasteiger partial charge is 0.213 e. The number of aliphatic imine (C=N–C) groups is 1. The van der Waals surface area contributed by atoms with E-state index in [1.54, 1.807) is 7.05 Å². The predicted octanol–water partition coefficient (Wildman–Crippen LogP) is 3.65. The largest absolute Gasteiger partial charge is 0.474 e. The number of aromatic nitrogens is 1. The van der Waals surface area contributed by atoms with Crippen LogP contribution in [0.3, 0.4) is 0 Å². The Hall–Kier alpha value is -1.09. The Bertz CT molecular complexity index is 582. The van der Waals surface area contributed by atoms with E-state index in [4.69, 9.17) is 9.47 Å². The van der Waals surface area contributed by atoms with Gasteiger partial charge in [0.1, 0.15) is 6.10 Å². The van der Waals surface area contributed by atoms with Gasteiger partial charge in [-0.1, -0.05) is 12.5 Å². The molecule has 1 aromatic heterocycles. The second kappa shape index (κ2) is 11.0. The number of halogens is 1. The zero-order chi connectivity index (χ0) is 18.2. The lowest BCUT2D eigenvalue weighted by Crippen LogP contribution is -2.45. The molecule has 1 saturated heterocycles. The summed E-state index contributed by atoms with van der Waals surface area (Å²) in [4.78, 5) is 8.74. The van der Waals surface area contributed by atoms with Crippen molar-refractivity contribution in [3.63, 3.8) is 0 Å². The first-order valence-corrected chi connectivity index (χ1v) is 9.87. The molecule has 7 heteroatoms. The number of ether oxygens (including phenoxy) is 2. The van der Waals surface area contributed by atoms with Gasteiger partial charge in [0.25, 0.3) is 0 Å². The third-order valence-corrected chi connectivity index (χ3v) is 5.25. The van der Waals surface area contributed by atoms with Crippen molar-refractivity contribution in [1.82, 2.24) is 15.6 Å². The molecule has 1 aromatic rings. The summed E-state index contributed by atoms with van der Waals surface area (Å²) in [6.07, 6.45) is 10.6. The number of nitrogens with one attached hydrogen (secondary N) is 2. The first kappa shape index (κ1) is 22.2. The molecule has 3 rings (SSSR count). The average molecular weight is 488 g/mol. The molecule has 1 atom stereocenters. The molecule has 1 aliphatic carbocycles. The minimum Gasteiger partial charge on any atom is -0.474 e. The van der Waals surface area contributed by atoms with Gasteiger partial charge in [0, 0.05) is 39.0 Å². The molecular formula is C20H33IN4O2. The molecule has 2 fully saturated rings. The summed E-state index contributed by atoms with van der Waals surface area (Å²) >= 11 is 0. The number of rotatable bonds is 6. The van der Waals surface area contributed by atoms with E-state index in [1.807, 2.05) is 12.3 Å². The molecule has 1 aliphatic heterocycles. The number of guanidine groups is 1. The van der Waals surface area contributed by atoms with Crippen molar-refractivity contribution in [3.05, 3.63) is 23.9 Å². The highest BCUT2D eigenvalue weighted by atomic mass is 127. The first-order valence-electron chi connectivity index (χ1n) is 9.87. The molecule has 1 unspecified atom stereocenters. The van der Waals surface area contributed by atoms with Crippen molar-refractivity contribution in [2.75, 3.05) is 20.2 Å². The van der Waals surface area contributed by atoms with Crippen LogP contribution in [0.1, 0.15) is 57.4 Å². The quantitative estimate of drug-likeness (QED) is 0.364. The monoisotopic (exact) mass is 488 g/mol. The molecule has 6 nitrogen and oxygen atoms in total. The Morgan fingerprint density at radius 3 is 2.70 bits per heavy atom. The molecule has 152 valence electrons. The Morgan fingerprint density at radius 2 is 2.07 bits per heavy atom. The van der Waals surface area contributed by atoms with Gasteiger partial charge >= 0.3 is 0 Å². The van der Waals surface area contributed by atoms with E-state index in [9.17, 15) is 0 Å². The number of pyridine rings is 1. The Morgan fingerprint density at radius 1 is 1.26 bits per heavy atom. The van der Waals surface area contributed by atoms with Gasteiger partial charge in [-0.25, -0.2) is 4.98 Å². The van der Waals surface area contributed by atoms with E-state index >= 15 is 0 Å². The van der Waals surface area contributed by atoms with Crippen molar-refractivity contribution in [1.29, 1.82) is 0 Å². The normalized spacial score (nSPS) is 23.6. The third kappa shape index (κ3) is 7.10. The highest BCUT2D eigenvalue weighted by Gasteiger charge is 2.29. The van der Waals surface area contributed by atoms with Crippen LogP contribution in [0.2, 0.25) is 0 Å². The molecule has 0 bridgehead atoms. The molecule has 0 spiro atoms. The van der Waals surface area contributed by atoms with E-state index < -0.39 is 0 Å². The molecule has 0 amide bonds. The molecule has 0 radical (unpaired) electrons. The summed E-state index contributed by atoms with van der Waals surface area (Å²) in [7, 11) is 1.78. The fraction of sp³-hybridized carbons (Fsp3) is 0.700. The van der Waals surface area contributed by atoms with Crippen LogP contribution in [0.4, 0.5) is 0 Å². The van der Waals surface area contributed by atoms with E-state index in [0.717, 1.165) is 56.2 Å². The first-order chi connectivity index (χ1) is 12.7. The summed E-state index contributed by atoms with van der Waals surface area (Å²) in [6.45, 7) is 4.44. The Labute approximate surface area is 179 Å². The van der Waals surface area contributed by atoms with Crippen molar-refractivity contribution in [2.45, 2.75) is 70.1 Å². The fourth-order valence-corrected chi connectivity index (χ4v) is 3.59.